The van der Waals surface area contributed by atoms with Crippen molar-refractivity contribution in [3.05, 3.63) is 47.5 Å². The summed E-state index contributed by atoms with van der Waals surface area (Å²) in [6.07, 6.45) is 1.90. The average Bonchev–Trinajstić information content (AvgIpc) is 2.91. The molecule has 0 bridgehead atoms. The number of rotatable bonds is 4. The van der Waals surface area contributed by atoms with Crippen molar-refractivity contribution in [3.63, 3.8) is 0 Å². The Balaban J connectivity index is 2.06. The lowest BCUT2D eigenvalue weighted by Crippen LogP contribution is -2.03. The van der Waals surface area contributed by atoms with E-state index in [9.17, 15) is 4.39 Å². The van der Waals surface area contributed by atoms with Gasteiger partial charge in [0.15, 0.2) is 0 Å². The van der Waals surface area contributed by atoms with Gasteiger partial charge in [-0.05, 0) is 32.0 Å². The van der Waals surface area contributed by atoms with Gasteiger partial charge < -0.3 is 10.5 Å². The van der Waals surface area contributed by atoms with Gasteiger partial charge in [-0.15, -0.1) is 0 Å². The van der Waals surface area contributed by atoms with Crippen LogP contribution in [0.5, 0.6) is 5.75 Å². The molecule has 0 radical (unpaired) electrons. The molecule has 0 amide bonds. The topological polar surface area (TPSA) is 53.1 Å². The number of aromatic nitrogens is 2. The molecule has 5 heteroatoms. The van der Waals surface area contributed by atoms with Crippen LogP contribution in [0.3, 0.4) is 0 Å². The molecule has 110 valence electrons. The van der Waals surface area contributed by atoms with Gasteiger partial charge in [-0.2, -0.15) is 5.10 Å². The predicted octanol–water partition coefficient (Wildman–Crippen LogP) is 2.49. The van der Waals surface area contributed by atoms with Crippen LogP contribution in [0.25, 0.3) is 0 Å². The van der Waals surface area contributed by atoms with Gasteiger partial charge in [-0.3, -0.25) is 4.68 Å². The van der Waals surface area contributed by atoms with Gasteiger partial charge in [0, 0.05) is 23.9 Å². The van der Waals surface area contributed by atoms with Crippen LogP contribution in [-0.2, 0) is 6.61 Å². The number of nitrogens with two attached hydrogens (primary N) is 1. The van der Waals surface area contributed by atoms with E-state index < -0.39 is 0 Å². The largest absolute Gasteiger partial charge is 0.487 e. The highest BCUT2D eigenvalue weighted by atomic mass is 19.1. The molecule has 4 nitrogen and oxygen atoms in total. The molecular weight excluding hydrogens is 269 g/mol. The van der Waals surface area contributed by atoms with Crippen LogP contribution in [0.1, 0.15) is 31.1 Å². The van der Waals surface area contributed by atoms with Crippen molar-refractivity contribution in [1.29, 1.82) is 0 Å². The maximum Gasteiger partial charge on any atom is 0.132 e. The Bertz CT molecular complexity index is 668. The summed E-state index contributed by atoms with van der Waals surface area (Å²) in [6.45, 7) is 4.62. The van der Waals surface area contributed by atoms with Crippen molar-refractivity contribution in [3.8, 4) is 17.6 Å². The number of hydrogen-bond acceptors (Lipinski definition) is 3. The lowest BCUT2D eigenvalue weighted by molar-refractivity contribution is 0.297. The van der Waals surface area contributed by atoms with Gasteiger partial charge in [0.2, 0.25) is 0 Å². The van der Waals surface area contributed by atoms with Gasteiger partial charge in [-0.25, -0.2) is 4.39 Å². The molecule has 0 aliphatic heterocycles. The molecule has 0 saturated carbocycles. The Morgan fingerprint density at radius 2 is 2.19 bits per heavy atom. The molecule has 1 heterocycles. The van der Waals surface area contributed by atoms with Gasteiger partial charge in [-0.1, -0.05) is 11.8 Å². The number of hydrogen-bond donors (Lipinski definition) is 1. The second-order valence-corrected chi connectivity index (χ2v) is 4.85. The van der Waals surface area contributed by atoms with Gasteiger partial charge in [0.05, 0.1) is 12.2 Å². The highest BCUT2D eigenvalue weighted by Gasteiger charge is 2.05. The minimum absolute atomic E-state index is 0.235. The summed E-state index contributed by atoms with van der Waals surface area (Å²) in [6, 6.07) is 6.54. The summed E-state index contributed by atoms with van der Waals surface area (Å²) in [5, 5.41) is 4.37. The van der Waals surface area contributed by atoms with E-state index in [-0.39, 0.29) is 19.0 Å². The molecule has 2 aromatic rings. The van der Waals surface area contributed by atoms with Crippen LogP contribution in [0.15, 0.2) is 30.5 Å². The third kappa shape index (κ3) is 4.33. The molecule has 2 rings (SSSR count). The van der Waals surface area contributed by atoms with E-state index in [1.807, 2.05) is 30.8 Å². The van der Waals surface area contributed by atoms with Crippen molar-refractivity contribution in [1.82, 2.24) is 9.78 Å². The second-order valence-electron chi connectivity index (χ2n) is 4.85. The predicted molar refractivity (Wildman–Crippen MR) is 79.3 cm³/mol. The average molecular weight is 287 g/mol. The van der Waals surface area contributed by atoms with Crippen LogP contribution >= 0.6 is 0 Å². The number of benzene rings is 1. The van der Waals surface area contributed by atoms with E-state index in [2.05, 4.69) is 16.9 Å². The summed E-state index contributed by atoms with van der Waals surface area (Å²) in [5.41, 5.74) is 6.64. The Hall–Kier alpha value is -2.32. The van der Waals surface area contributed by atoms with E-state index in [1.165, 1.54) is 12.1 Å². The normalized spacial score (nSPS) is 10.3. The zero-order valence-corrected chi connectivity index (χ0v) is 12.1. The maximum absolute atomic E-state index is 13.5. The highest BCUT2D eigenvalue weighted by molar-refractivity contribution is 5.40. The first-order valence-corrected chi connectivity index (χ1v) is 6.75. The smallest absolute Gasteiger partial charge is 0.132 e. The van der Waals surface area contributed by atoms with E-state index in [0.717, 1.165) is 5.69 Å². The maximum atomic E-state index is 13.5. The van der Waals surface area contributed by atoms with Gasteiger partial charge >= 0.3 is 0 Å². The van der Waals surface area contributed by atoms with Crippen LogP contribution in [-0.4, -0.2) is 16.3 Å². The van der Waals surface area contributed by atoms with Crippen LogP contribution in [0.4, 0.5) is 4.39 Å². The van der Waals surface area contributed by atoms with Crippen molar-refractivity contribution in [2.75, 3.05) is 6.54 Å². The highest BCUT2D eigenvalue weighted by Crippen LogP contribution is 2.17. The molecule has 0 aliphatic carbocycles. The third-order valence-electron chi connectivity index (χ3n) is 2.79. The molecule has 0 unspecified atom stereocenters. The van der Waals surface area contributed by atoms with Crippen LogP contribution in [0.2, 0.25) is 0 Å². The lowest BCUT2D eigenvalue weighted by atomic mass is 10.2. The Morgan fingerprint density at radius 3 is 2.86 bits per heavy atom. The van der Waals surface area contributed by atoms with Gasteiger partial charge in [0.25, 0.3) is 0 Å². The molecule has 0 aliphatic rings. The molecule has 1 aromatic carbocycles. The lowest BCUT2D eigenvalue weighted by Gasteiger charge is -2.06. The van der Waals surface area contributed by atoms with Crippen molar-refractivity contribution < 1.29 is 9.13 Å². The third-order valence-corrected chi connectivity index (χ3v) is 2.79. The van der Waals surface area contributed by atoms with Crippen LogP contribution in [0, 0.1) is 17.7 Å². The van der Waals surface area contributed by atoms with Crippen molar-refractivity contribution >= 4 is 0 Å². The summed E-state index contributed by atoms with van der Waals surface area (Å²) in [5.74, 6) is 5.52. The second kappa shape index (κ2) is 6.91. The Morgan fingerprint density at radius 1 is 1.38 bits per heavy atom. The molecule has 0 saturated heterocycles. The first-order valence-electron chi connectivity index (χ1n) is 6.75. The molecule has 0 spiro atoms. The fourth-order valence-corrected chi connectivity index (χ4v) is 1.77. The minimum atomic E-state index is -0.387. The number of ether oxygens (including phenoxy) is 1. The monoisotopic (exact) mass is 287 g/mol. The molecule has 1 aromatic heterocycles. The van der Waals surface area contributed by atoms with Crippen molar-refractivity contribution in [2.45, 2.75) is 26.5 Å². The number of nitrogens with zero attached hydrogens (tertiary/aromatic N) is 2. The standard InChI is InChI=1S/C16H18FN3O/c1-12(2)20-7-5-15(19-20)11-21-16-9-13(4-3-6-18)8-14(17)10-16/h5,7-10,12H,6,11,18H2,1-2H3. The summed E-state index contributed by atoms with van der Waals surface area (Å²) >= 11 is 0. The zero-order chi connectivity index (χ0) is 15.2. The molecule has 0 atom stereocenters. The van der Waals surface area contributed by atoms with Gasteiger partial charge in [0.1, 0.15) is 18.2 Å². The summed E-state index contributed by atoms with van der Waals surface area (Å²) < 4.78 is 20.9. The van der Waals surface area contributed by atoms with Crippen molar-refractivity contribution in [2.24, 2.45) is 5.73 Å². The number of halogens is 1. The quantitative estimate of drug-likeness (QED) is 0.879. The minimum Gasteiger partial charge on any atom is -0.487 e. The summed E-state index contributed by atoms with van der Waals surface area (Å²) in [4.78, 5) is 0. The molecule has 21 heavy (non-hydrogen) atoms. The Labute approximate surface area is 123 Å². The van der Waals surface area contributed by atoms with E-state index in [1.54, 1.807) is 6.07 Å². The SMILES string of the molecule is CC(C)n1ccc(COc2cc(F)cc(C#CCN)c2)n1. The first kappa shape index (κ1) is 15.1. The summed E-state index contributed by atoms with van der Waals surface area (Å²) in [7, 11) is 0. The van der Waals surface area contributed by atoms with E-state index >= 15 is 0 Å². The van der Waals surface area contributed by atoms with E-state index in [4.69, 9.17) is 10.5 Å². The fraction of sp³-hybridized carbons (Fsp3) is 0.312. The zero-order valence-electron chi connectivity index (χ0n) is 12.1. The van der Waals surface area contributed by atoms with Crippen LogP contribution < -0.4 is 10.5 Å². The first-order chi connectivity index (χ1) is 10.1. The molecular formula is C16H18FN3O. The molecule has 0 fully saturated rings. The Kier molecular flexibility index (Phi) is 4.96. The van der Waals surface area contributed by atoms with E-state index in [0.29, 0.717) is 17.4 Å². The fourth-order valence-electron chi connectivity index (χ4n) is 1.77. The molecule has 2 N–H and O–H groups in total.